The van der Waals surface area contributed by atoms with Crippen molar-refractivity contribution in [2.24, 2.45) is 5.92 Å². The fourth-order valence-corrected chi connectivity index (χ4v) is 2.91. The maximum atomic E-state index is 12.1. The van der Waals surface area contributed by atoms with Crippen molar-refractivity contribution in [1.29, 1.82) is 0 Å². The van der Waals surface area contributed by atoms with Gasteiger partial charge in [-0.05, 0) is 30.5 Å². The third kappa shape index (κ3) is 3.82. The van der Waals surface area contributed by atoms with Crippen LogP contribution in [0.2, 0.25) is 0 Å². The Morgan fingerprint density at radius 2 is 1.84 bits per heavy atom. The molecular weight excluding hydrogens is 302 g/mol. The van der Waals surface area contributed by atoms with Crippen LogP contribution < -0.4 is 5.32 Å². The molecule has 0 radical (unpaired) electrons. The summed E-state index contributed by atoms with van der Waals surface area (Å²) in [6.07, 6.45) is 4.53. The molecule has 0 aliphatic heterocycles. The third-order valence-electron chi connectivity index (χ3n) is 4.06. The second-order valence-corrected chi connectivity index (χ2v) is 7.01. The fraction of sp³-hybridized carbons (Fsp3) is 0.562. The highest BCUT2D eigenvalue weighted by Crippen LogP contribution is 2.26. The van der Waals surface area contributed by atoms with Gasteiger partial charge in [0.1, 0.15) is 0 Å². The summed E-state index contributed by atoms with van der Waals surface area (Å²) < 4.78 is 1.09. The van der Waals surface area contributed by atoms with Crippen LogP contribution in [0.25, 0.3) is 0 Å². The standard InChI is InChI=1S/C16H22BrNO/c1-16(2,13-7-9-14(17)10-8-13)11-18-15(19)12-5-3-4-6-12/h7-10,12H,3-6,11H2,1-2H3,(H,18,19). The van der Waals surface area contributed by atoms with E-state index >= 15 is 0 Å². The number of carbonyl (C=O) groups excluding carboxylic acids is 1. The van der Waals surface area contributed by atoms with Gasteiger partial charge < -0.3 is 5.32 Å². The third-order valence-corrected chi connectivity index (χ3v) is 4.58. The number of hydrogen-bond acceptors (Lipinski definition) is 1. The second-order valence-electron chi connectivity index (χ2n) is 6.09. The summed E-state index contributed by atoms with van der Waals surface area (Å²) in [6, 6.07) is 8.34. The zero-order valence-electron chi connectivity index (χ0n) is 11.7. The quantitative estimate of drug-likeness (QED) is 0.890. The highest BCUT2D eigenvalue weighted by molar-refractivity contribution is 9.10. The van der Waals surface area contributed by atoms with Gasteiger partial charge in [-0.2, -0.15) is 0 Å². The molecule has 1 N–H and O–H groups in total. The Kier molecular flexibility index (Phi) is 4.67. The van der Waals surface area contributed by atoms with Crippen LogP contribution in [0.3, 0.4) is 0 Å². The van der Waals surface area contributed by atoms with Gasteiger partial charge in [0.25, 0.3) is 0 Å². The molecule has 1 aliphatic carbocycles. The summed E-state index contributed by atoms with van der Waals surface area (Å²) in [5.74, 6) is 0.489. The Hall–Kier alpha value is -0.830. The van der Waals surface area contributed by atoms with E-state index in [0.29, 0.717) is 6.54 Å². The van der Waals surface area contributed by atoms with Crippen LogP contribution in [0.1, 0.15) is 45.1 Å². The maximum Gasteiger partial charge on any atom is 0.223 e. The molecule has 0 aromatic heterocycles. The average molecular weight is 324 g/mol. The van der Waals surface area contributed by atoms with E-state index < -0.39 is 0 Å². The molecule has 0 unspecified atom stereocenters. The summed E-state index contributed by atoms with van der Waals surface area (Å²) in [5.41, 5.74) is 1.22. The molecule has 0 atom stereocenters. The molecule has 19 heavy (non-hydrogen) atoms. The first-order valence-electron chi connectivity index (χ1n) is 7.03. The van der Waals surface area contributed by atoms with Gasteiger partial charge in [-0.15, -0.1) is 0 Å². The Bertz CT molecular complexity index is 433. The van der Waals surface area contributed by atoms with E-state index in [2.05, 4.69) is 59.4 Å². The lowest BCUT2D eigenvalue weighted by molar-refractivity contribution is -0.125. The van der Waals surface area contributed by atoms with Gasteiger partial charge in [-0.1, -0.05) is 54.8 Å². The normalized spacial score (nSPS) is 16.6. The van der Waals surface area contributed by atoms with Gasteiger partial charge in [-0.3, -0.25) is 4.79 Å². The molecule has 1 aromatic rings. The van der Waals surface area contributed by atoms with Crippen molar-refractivity contribution in [3.63, 3.8) is 0 Å². The first-order chi connectivity index (χ1) is 8.99. The maximum absolute atomic E-state index is 12.1. The van der Waals surface area contributed by atoms with Crippen molar-refractivity contribution in [1.82, 2.24) is 5.32 Å². The van der Waals surface area contributed by atoms with Crippen LogP contribution in [0, 0.1) is 5.92 Å². The Labute approximate surface area is 124 Å². The zero-order chi connectivity index (χ0) is 13.9. The molecule has 1 aromatic carbocycles. The summed E-state index contributed by atoms with van der Waals surface area (Å²) in [4.78, 5) is 12.1. The number of nitrogens with one attached hydrogen (secondary N) is 1. The SMILES string of the molecule is CC(C)(CNC(=O)C1CCCC1)c1ccc(Br)cc1. The number of carbonyl (C=O) groups is 1. The Balaban J connectivity index is 1.93. The minimum Gasteiger partial charge on any atom is -0.355 e. The molecule has 3 heteroatoms. The first-order valence-corrected chi connectivity index (χ1v) is 7.82. The van der Waals surface area contributed by atoms with E-state index in [1.54, 1.807) is 0 Å². The predicted octanol–water partition coefficient (Wildman–Crippen LogP) is 4.03. The molecule has 2 nitrogen and oxygen atoms in total. The highest BCUT2D eigenvalue weighted by Gasteiger charge is 2.26. The molecule has 2 rings (SSSR count). The summed E-state index contributed by atoms with van der Waals surface area (Å²) in [5, 5.41) is 3.13. The van der Waals surface area contributed by atoms with Gasteiger partial charge in [0.2, 0.25) is 5.91 Å². The van der Waals surface area contributed by atoms with E-state index in [9.17, 15) is 4.79 Å². The fourth-order valence-electron chi connectivity index (χ4n) is 2.64. The monoisotopic (exact) mass is 323 g/mol. The van der Waals surface area contributed by atoms with E-state index in [-0.39, 0.29) is 17.2 Å². The number of hydrogen-bond donors (Lipinski definition) is 1. The van der Waals surface area contributed by atoms with Crippen LogP contribution in [0.5, 0.6) is 0 Å². The molecule has 0 bridgehead atoms. The summed E-state index contributed by atoms with van der Waals surface area (Å²) in [7, 11) is 0. The van der Waals surface area contributed by atoms with Crippen molar-refractivity contribution in [2.45, 2.75) is 44.9 Å². The van der Waals surface area contributed by atoms with Crippen LogP contribution in [0.4, 0.5) is 0 Å². The second kappa shape index (κ2) is 6.08. The largest absolute Gasteiger partial charge is 0.355 e. The van der Waals surface area contributed by atoms with E-state index in [4.69, 9.17) is 0 Å². The molecule has 104 valence electrons. The highest BCUT2D eigenvalue weighted by atomic mass is 79.9. The van der Waals surface area contributed by atoms with Crippen LogP contribution in [-0.2, 0) is 10.2 Å². The van der Waals surface area contributed by atoms with Gasteiger partial charge in [0, 0.05) is 22.4 Å². The molecule has 1 fully saturated rings. The van der Waals surface area contributed by atoms with Gasteiger partial charge in [0.05, 0.1) is 0 Å². The number of amides is 1. The first kappa shape index (κ1) is 14.6. The molecule has 1 amide bonds. The Morgan fingerprint density at radius 3 is 2.42 bits per heavy atom. The van der Waals surface area contributed by atoms with E-state index in [1.807, 2.05) is 0 Å². The van der Waals surface area contributed by atoms with Gasteiger partial charge in [-0.25, -0.2) is 0 Å². The minimum absolute atomic E-state index is 0.0328. The predicted molar refractivity (Wildman–Crippen MR) is 82.1 cm³/mol. The van der Waals surface area contributed by atoms with E-state index in [0.717, 1.165) is 17.3 Å². The molecule has 1 aliphatic rings. The van der Waals surface area contributed by atoms with Crippen LogP contribution >= 0.6 is 15.9 Å². The smallest absolute Gasteiger partial charge is 0.223 e. The zero-order valence-corrected chi connectivity index (χ0v) is 13.3. The number of rotatable bonds is 4. The van der Waals surface area contributed by atoms with Crippen LogP contribution in [0.15, 0.2) is 28.7 Å². The summed E-state index contributed by atoms with van der Waals surface area (Å²) in [6.45, 7) is 5.04. The van der Waals surface area contributed by atoms with Gasteiger partial charge in [0.15, 0.2) is 0 Å². The minimum atomic E-state index is -0.0328. The van der Waals surface area contributed by atoms with Crippen molar-refractivity contribution in [3.8, 4) is 0 Å². The molecule has 1 saturated carbocycles. The lowest BCUT2D eigenvalue weighted by atomic mass is 9.84. The lowest BCUT2D eigenvalue weighted by Crippen LogP contribution is -2.39. The number of benzene rings is 1. The molecule has 0 spiro atoms. The number of halogens is 1. The van der Waals surface area contributed by atoms with Crippen LogP contribution in [-0.4, -0.2) is 12.5 Å². The van der Waals surface area contributed by atoms with Gasteiger partial charge >= 0.3 is 0 Å². The molecule has 0 saturated heterocycles. The average Bonchev–Trinajstić information content (AvgIpc) is 2.90. The van der Waals surface area contributed by atoms with Crippen molar-refractivity contribution in [3.05, 3.63) is 34.3 Å². The Morgan fingerprint density at radius 1 is 1.26 bits per heavy atom. The van der Waals surface area contributed by atoms with Crippen molar-refractivity contribution >= 4 is 21.8 Å². The van der Waals surface area contributed by atoms with Crippen molar-refractivity contribution < 1.29 is 4.79 Å². The van der Waals surface area contributed by atoms with E-state index in [1.165, 1.54) is 18.4 Å². The molecule has 0 heterocycles. The lowest BCUT2D eigenvalue weighted by Gasteiger charge is -2.26. The topological polar surface area (TPSA) is 29.1 Å². The van der Waals surface area contributed by atoms with Crippen molar-refractivity contribution in [2.75, 3.05) is 6.54 Å². The molecular formula is C16H22BrNO. The summed E-state index contributed by atoms with van der Waals surface area (Å²) >= 11 is 3.45.